The van der Waals surface area contributed by atoms with Crippen LogP contribution in [0.1, 0.15) is 44.6 Å². The van der Waals surface area contributed by atoms with Gasteiger partial charge in [-0.05, 0) is 43.9 Å². The van der Waals surface area contributed by atoms with Crippen LogP contribution in [-0.2, 0) is 6.54 Å². The second-order valence-corrected chi connectivity index (χ2v) is 7.25. The Morgan fingerprint density at radius 2 is 1.71 bits per heavy atom. The minimum absolute atomic E-state index is 0.109. The van der Waals surface area contributed by atoms with Gasteiger partial charge in [0, 0.05) is 25.6 Å². The smallest absolute Gasteiger partial charge is 0.161 e. The van der Waals surface area contributed by atoms with Gasteiger partial charge in [0.15, 0.2) is 11.5 Å². The molecule has 0 saturated heterocycles. The van der Waals surface area contributed by atoms with Crippen molar-refractivity contribution in [3.8, 4) is 17.6 Å². The monoisotopic (exact) mass is 378 g/mol. The summed E-state index contributed by atoms with van der Waals surface area (Å²) in [4.78, 5) is 2.44. The van der Waals surface area contributed by atoms with E-state index in [1.807, 2.05) is 37.3 Å². The van der Waals surface area contributed by atoms with E-state index < -0.39 is 0 Å². The number of rotatable bonds is 9. The molecule has 0 aliphatic heterocycles. The fourth-order valence-electron chi connectivity index (χ4n) is 3.99. The highest BCUT2D eigenvalue weighted by Crippen LogP contribution is 2.33. The molecule has 0 bridgehead atoms. The van der Waals surface area contributed by atoms with E-state index in [1.54, 1.807) is 0 Å². The number of nitrogens with zero attached hydrogens (tertiary/aromatic N) is 2. The normalized spacial score (nSPS) is 19.2. The molecule has 0 N–H and O–H groups in total. The van der Waals surface area contributed by atoms with Gasteiger partial charge in [0.2, 0.25) is 0 Å². The maximum Gasteiger partial charge on any atom is 0.161 e. The fourth-order valence-corrected chi connectivity index (χ4v) is 3.99. The van der Waals surface area contributed by atoms with Crippen LogP contribution < -0.4 is 9.47 Å². The highest BCUT2D eigenvalue weighted by molar-refractivity contribution is 5.39. The van der Waals surface area contributed by atoms with Crippen LogP contribution in [0, 0.1) is 11.3 Å². The van der Waals surface area contributed by atoms with Gasteiger partial charge in [-0.15, -0.1) is 0 Å². The van der Waals surface area contributed by atoms with E-state index in [9.17, 15) is 0 Å². The SMILES string of the molecule is CCOc1ccccc1OC1CCCCC1N(CCC#N)Cc1ccccc1. The second-order valence-electron chi connectivity index (χ2n) is 7.25. The zero-order valence-corrected chi connectivity index (χ0v) is 16.7. The largest absolute Gasteiger partial charge is 0.490 e. The third-order valence-corrected chi connectivity index (χ3v) is 5.30. The Kier molecular flexibility index (Phi) is 7.75. The number of nitriles is 1. The van der Waals surface area contributed by atoms with Gasteiger partial charge in [-0.25, -0.2) is 0 Å². The molecule has 0 heterocycles. The van der Waals surface area contributed by atoms with Gasteiger partial charge in [-0.3, -0.25) is 4.90 Å². The van der Waals surface area contributed by atoms with Gasteiger partial charge in [-0.2, -0.15) is 5.26 Å². The molecule has 148 valence electrons. The first-order valence-corrected chi connectivity index (χ1v) is 10.3. The summed E-state index contributed by atoms with van der Waals surface area (Å²) >= 11 is 0. The highest BCUT2D eigenvalue weighted by Gasteiger charge is 2.32. The lowest BCUT2D eigenvalue weighted by molar-refractivity contribution is 0.0306. The van der Waals surface area contributed by atoms with E-state index >= 15 is 0 Å². The summed E-state index contributed by atoms with van der Waals surface area (Å²) in [7, 11) is 0. The van der Waals surface area contributed by atoms with Crippen LogP contribution in [0.2, 0.25) is 0 Å². The van der Waals surface area contributed by atoms with Crippen LogP contribution in [0.25, 0.3) is 0 Å². The Bertz CT molecular complexity index is 757. The number of para-hydroxylation sites is 2. The predicted molar refractivity (Wildman–Crippen MR) is 111 cm³/mol. The van der Waals surface area contributed by atoms with Crippen molar-refractivity contribution in [3.63, 3.8) is 0 Å². The van der Waals surface area contributed by atoms with Gasteiger partial charge in [-0.1, -0.05) is 48.9 Å². The van der Waals surface area contributed by atoms with Crippen molar-refractivity contribution in [3.05, 3.63) is 60.2 Å². The Labute approximate surface area is 168 Å². The second kappa shape index (κ2) is 10.7. The van der Waals surface area contributed by atoms with Crippen LogP contribution in [0.4, 0.5) is 0 Å². The number of ether oxygens (including phenoxy) is 2. The van der Waals surface area contributed by atoms with E-state index in [-0.39, 0.29) is 6.10 Å². The molecule has 4 nitrogen and oxygen atoms in total. The molecule has 4 heteroatoms. The topological polar surface area (TPSA) is 45.5 Å². The van der Waals surface area contributed by atoms with Crippen molar-refractivity contribution in [2.24, 2.45) is 0 Å². The first kappa shape index (κ1) is 20.2. The van der Waals surface area contributed by atoms with Crippen molar-refractivity contribution in [2.75, 3.05) is 13.2 Å². The van der Waals surface area contributed by atoms with Gasteiger partial charge in [0.1, 0.15) is 6.10 Å². The molecular formula is C24H30N2O2. The van der Waals surface area contributed by atoms with E-state index in [2.05, 4.69) is 35.2 Å². The average Bonchev–Trinajstić information content (AvgIpc) is 2.74. The van der Waals surface area contributed by atoms with Crippen LogP contribution in [0.5, 0.6) is 11.5 Å². The van der Waals surface area contributed by atoms with Crippen molar-refractivity contribution < 1.29 is 9.47 Å². The lowest BCUT2D eigenvalue weighted by atomic mass is 9.90. The maximum atomic E-state index is 9.15. The Morgan fingerprint density at radius 3 is 2.46 bits per heavy atom. The third kappa shape index (κ3) is 5.50. The first-order valence-electron chi connectivity index (χ1n) is 10.3. The van der Waals surface area contributed by atoms with Crippen molar-refractivity contribution in [2.45, 2.75) is 57.7 Å². The van der Waals surface area contributed by atoms with Crippen molar-refractivity contribution >= 4 is 0 Å². The van der Waals surface area contributed by atoms with Crippen molar-refractivity contribution in [1.29, 1.82) is 5.26 Å². The molecule has 1 aliphatic carbocycles. The van der Waals surface area contributed by atoms with Gasteiger partial charge < -0.3 is 9.47 Å². The van der Waals surface area contributed by atoms with Crippen LogP contribution >= 0.6 is 0 Å². The Hall–Kier alpha value is -2.51. The third-order valence-electron chi connectivity index (χ3n) is 5.30. The van der Waals surface area contributed by atoms with Crippen LogP contribution in [-0.4, -0.2) is 30.2 Å². The minimum atomic E-state index is 0.109. The summed E-state index contributed by atoms with van der Waals surface area (Å²) in [5.41, 5.74) is 1.28. The highest BCUT2D eigenvalue weighted by atomic mass is 16.5. The van der Waals surface area contributed by atoms with Gasteiger partial charge in [0.25, 0.3) is 0 Å². The molecule has 1 aliphatic rings. The summed E-state index contributed by atoms with van der Waals surface area (Å²) in [6.07, 6.45) is 5.15. The number of hydrogen-bond donors (Lipinski definition) is 0. The van der Waals surface area contributed by atoms with E-state index in [0.29, 0.717) is 19.1 Å². The lowest BCUT2D eigenvalue weighted by Gasteiger charge is -2.40. The summed E-state index contributed by atoms with van der Waals surface area (Å²) < 4.78 is 12.3. The molecule has 2 unspecified atom stereocenters. The fraction of sp³-hybridized carbons (Fsp3) is 0.458. The molecule has 1 saturated carbocycles. The van der Waals surface area contributed by atoms with E-state index in [4.69, 9.17) is 14.7 Å². The lowest BCUT2D eigenvalue weighted by Crippen LogP contribution is -2.48. The molecule has 0 spiro atoms. The molecule has 0 amide bonds. The van der Waals surface area contributed by atoms with Crippen LogP contribution in [0.3, 0.4) is 0 Å². The van der Waals surface area contributed by atoms with Crippen LogP contribution in [0.15, 0.2) is 54.6 Å². The summed E-state index contributed by atoms with van der Waals surface area (Å²) in [5.74, 6) is 1.63. The zero-order valence-electron chi connectivity index (χ0n) is 16.7. The van der Waals surface area contributed by atoms with Crippen molar-refractivity contribution in [1.82, 2.24) is 4.90 Å². The zero-order chi connectivity index (χ0) is 19.6. The summed E-state index contributed by atoms with van der Waals surface area (Å²) in [6, 6.07) is 21.0. The average molecular weight is 379 g/mol. The Balaban J connectivity index is 1.78. The predicted octanol–water partition coefficient (Wildman–Crippen LogP) is 5.19. The quantitative estimate of drug-likeness (QED) is 0.602. The molecule has 2 atom stereocenters. The Morgan fingerprint density at radius 1 is 1.00 bits per heavy atom. The molecule has 3 rings (SSSR count). The minimum Gasteiger partial charge on any atom is -0.490 e. The summed E-state index contributed by atoms with van der Waals surface area (Å²) in [5, 5.41) is 9.15. The summed E-state index contributed by atoms with van der Waals surface area (Å²) in [6.45, 7) is 4.23. The molecule has 0 aromatic heterocycles. The molecule has 0 radical (unpaired) electrons. The molecule has 2 aromatic carbocycles. The van der Waals surface area contributed by atoms with E-state index in [1.165, 1.54) is 18.4 Å². The first-order chi connectivity index (χ1) is 13.8. The molecule has 28 heavy (non-hydrogen) atoms. The number of hydrogen-bond acceptors (Lipinski definition) is 4. The van der Waals surface area contributed by atoms with Gasteiger partial charge in [0.05, 0.1) is 12.7 Å². The number of benzene rings is 2. The van der Waals surface area contributed by atoms with E-state index in [0.717, 1.165) is 37.4 Å². The molecular weight excluding hydrogens is 348 g/mol. The van der Waals surface area contributed by atoms with Gasteiger partial charge >= 0.3 is 0 Å². The molecule has 1 fully saturated rings. The maximum absolute atomic E-state index is 9.15. The molecule has 2 aromatic rings. The standard InChI is InChI=1S/C24H30N2O2/c1-2-27-23-15-8-9-16-24(23)28-22-14-7-6-13-21(22)26(18-10-17-25)19-20-11-4-3-5-12-20/h3-5,8-9,11-12,15-16,21-22H,2,6-7,10,13-14,18-19H2,1H3.